The molecule has 1 atom stereocenters. The summed E-state index contributed by atoms with van der Waals surface area (Å²) in [5.74, 6) is 0. The van der Waals surface area contributed by atoms with Crippen LogP contribution in [0.1, 0.15) is 42.3 Å². The van der Waals surface area contributed by atoms with Crippen molar-refractivity contribution in [2.75, 3.05) is 19.6 Å². The number of nitrogens with one attached hydrogen (secondary N) is 1. The predicted octanol–water partition coefficient (Wildman–Crippen LogP) is 3.49. The molecule has 2 aliphatic rings. The van der Waals surface area contributed by atoms with Gasteiger partial charge in [-0.15, -0.1) is 11.3 Å². The van der Waals surface area contributed by atoms with Gasteiger partial charge in [0.25, 0.3) is 0 Å². The Hall–Kier alpha value is -0.970. The quantitative estimate of drug-likeness (QED) is 0.920. The summed E-state index contributed by atoms with van der Waals surface area (Å²) in [7, 11) is 0. The van der Waals surface area contributed by atoms with Gasteiger partial charge in [0.15, 0.2) is 0 Å². The van der Waals surface area contributed by atoms with Gasteiger partial charge in [-0.1, -0.05) is 12.1 Å². The molecule has 0 radical (unpaired) electrons. The van der Waals surface area contributed by atoms with Crippen molar-refractivity contribution in [1.82, 2.24) is 15.2 Å². The molecule has 1 aromatic carbocycles. The SMILES string of the molecule is Cc1cccc2sc(C3CCCN3C3CCNCC3)nc12. The summed E-state index contributed by atoms with van der Waals surface area (Å²) in [5.41, 5.74) is 2.52. The van der Waals surface area contributed by atoms with Gasteiger partial charge in [0.05, 0.1) is 16.3 Å². The third-order valence-corrected chi connectivity index (χ3v) is 6.12. The van der Waals surface area contributed by atoms with Crippen molar-refractivity contribution in [2.45, 2.75) is 44.7 Å². The molecular formula is C17H23N3S. The molecule has 112 valence electrons. The van der Waals surface area contributed by atoms with Crippen molar-refractivity contribution >= 4 is 21.6 Å². The molecule has 4 rings (SSSR count). The van der Waals surface area contributed by atoms with Gasteiger partial charge in [-0.3, -0.25) is 4.90 Å². The van der Waals surface area contributed by atoms with E-state index in [-0.39, 0.29) is 0 Å². The van der Waals surface area contributed by atoms with Crippen LogP contribution in [0.5, 0.6) is 0 Å². The highest BCUT2D eigenvalue weighted by Gasteiger charge is 2.34. The summed E-state index contributed by atoms with van der Waals surface area (Å²) < 4.78 is 1.35. The largest absolute Gasteiger partial charge is 0.317 e. The van der Waals surface area contributed by atoms with Gasteiger partial charge in [0.2, 0.25) is 0 Å². The van der Waals surface area contributed by atoms with E-state index in [1.54, 1.807) is 0 Å². The average Bonchev–Trinajstić information content (AvgIpc) is 3.15. The third-order valence-electron chi connectivity index (χ3n) is 4.99. The molecule has 1 N–H and O–H groups in total. The predicted molar refractivity (Wildman–Crippen MR) is 88.9 cm³/mol. The van der Waals surface area contributed by atoms with E-state index in [0.717, 1.165) is 6.04 Å². The third kappa shape index (κ3) is 2.50. The first-order chi connectivity index (χ1) is 10.3. The molecule has 1 unspecified atom stereocenters. The fraction of sp³-hybridized carbons (Fsp3) is 0.588. The van der Waals surface area contributed by atoms with Crippen molar-refractivity contribution in [3.05, 3.63) is 28.8 Å². The molecule has 0 bridgehead atoms. The minimum Gasteiger partial charge on any atom is -0.317 e. The number of fused-ring (bicyclic) bond motifs is 1. The highest BCUT2D eigenvalue weighted by molar-refractivity contribution is 7.18. The van der Waals surface area contributed by atoms with Gasteiger partial charge >= 0.3 is 0 Å². The van der Waals surface area contributed by atoms with E-state index in [0.29, 0.717) is 6.04 Å². The van der Waals surface area contributed by atoms with E-state index in [9.17, 15) is 0 Å². The van der Waals surface area contributed by atoms with Gasteiger partial charge in [-0.25, -0.2) is 4.98 Å². The van der Waals surface area contributed by atoms with Crippen LogP contribution in [0.25, 0.3) is 10.2 Å². The van der Waals surface area contributed by atoms with E-state index in [4.69, 9.17) is 4.98 Å². The lowest BCUT2D eigenvalue weighted by molar-refractivity contribution is 0.148. The Morgan fingerprint density at radius 3 is 2.90 bits per heavy atom. The molecule has 0 amide bonds. The van der Waals surface area contributed by atoms with Crippen LogP contribution >= 0.6 is 11.3 Å². The number of rotatable bonds is 2. The first-order valence-corrected chi connectivity index (χ1v) is 8.97. The topological polar surface area (TPSA) is 28.2 Å². The van der Waals surface area contributed by atoms with E-state index in [1.165, 1.54) is 66.1 Å². The van der Waals surface area contributed by atoms with Crippen molar-refractivity contribution < 1.29 is 0 Å². The maximum absolute atomic E-state index is 5.00. The van der Waals surface area contributed by atoms with Gasteiger partial charge in [0.1, 0.15) is 5.01 Å². The second kappa shape index (κ2) is 5.67. The fourth-order valence-electron chi connectivity index (χ4n) is 3.88. The summed E-state index contributed by atoms with van der Waals surface area (Å²) in [6.45, 7) is 5.77. The van der Waals surface area contributed by atoms with Gasteiger partial charge in [-0.2, -0.15) is 0 Å². The molecule has 3 heterocycles. The molecule has 2 aromatic rings. The molecule has 2 aliphatic heterocycles. The number of likely N-dealkylation sites (tertiary alicyclic amines) is 1. The number of hydrogen-bond acceptors (Lipinski definition) is 4. The van der Waals surface area contributed by atoms with Crippen LogP contribution in [-0.4, -0.2) is 35.6 Å². The van der Waals surface area contributed by atoms with E-state index < -0.39 is 0 Å². The smallest absolute Gasteiger partial charge is 0.111 e. The Balaban J connectivity index is 1.64. The van der Waals surface area contributed by atoms with E-state index in [1.807, 2.05) is 11.3 Å². The molecule has 4 heteroatoms. The number of aryl methyl sites for hydroxylation is 1. The number of aromatic nitrogens is 1. The first-order valence-electron chi connectivity index (χ1n) is 8.15. The highest BCUT2D eigenvalue weighted by Crippen LogP contribution is 2.39. The van der Waals surface area contributed by atoms with E-state index >= 15 is 0 Å². The summed E-state index contributed by atoms with van der Waals surface area (Å²) in [6.07, 6.45) is 5.19. The number of piperidine rings is 1. The molecule has 21 heavy (non-hydrogen) atoms. The lowest BCUT2D eigenvalue weighted by Crippen LogP contribution is -2.42. The normalized spacial score (nSPS) is 24.9. The molecule has 3 nitrogen and oxygen atoms in total. The molecular weight excluding hydrogens is 278 g/mol. The van der Waals surface area contributed by atoms with Crippen LogP contribution < -0.4 is 5.32 Å². The second-order valence-electron chi connectivity index (χ2n) is 6.35. The standard InChI is InChI=1S/C17H23N3S/c1-12-4-2-6-15-16(12)19-17(21-15)14-5-3-11-20(14)13-7-9-18-10-8-13/h2,4,6,13-14,18H,3,5,7-11H2,1H3. The molecule has 1 aromatic heterocycles. The lowest BCUT2D eigenvalue weighted by atomic mass is 10.0. The van der Waals surface area contributed by atoms with Crippen LogP contribution in [0.2, 0.25) is 0 Å². The first kappa shape index (κ1) is 13.7. The van der Waals surface area contributed by atoms with Gasteiger partial charge in [0, 0.05) is 6.04 Å². The molecule has 2 saturated heterocycles. The van der Waals surface area contributed by atoms with Crippen molar-refractivity contribution in [3.8, 4) is 0 Å². The number of thiazole rings is 1. The summed E-state index contributed by atoms with van der Waals surface area (Å²) in [5, 5.41) is 4.82. The molecule has 0 saturated carbocycles. The molecule has 0 aliphatic carbocycles. The van der Waals surface area contributed by atoms with Crippen LogP contribution in [0.15, 0.2) is 18.2 Å². The Morgan fingerprint density at radius 1 is 1.24 bits per heavy atom. The maximum Gasteiger partial charge on any atom is 0.111 e. The molecule has 0 spiro atoms. The fourth-order valence-corrected chi connectivity index (χ4v) is 5.08. The van der Waals surface area contributed by atoms with Crippen molar-refractivity contribution in [2.24, 2.45) is 0 Å². The molecule has 2 fully saturated rings. The number of hydrogen-bond donors (Lipinski definition) is 1. The van der Waals surface area contributed by atoms with Gasteiger partial charge in [-0.05, 0) is 63.9 Å². The zero-order valence-electron chi connectivity index (χ0n) is 12.6. The van der Waals surface area contributed by atoms with Crippen LogP contribution in [0, 0.1) is 6.92 Å². The highest BCUT2D eigenvalue weighted by atomic mass is 32.1. The maximum atomic E-state index is 5.00. The summed E-state index contributed by atoms with van der Waals surface area (Å²) in [4.78, 5) is 7.74. The van der Waals surface area contributed by atoms with Crippen LogP contribution in [-0.2, 0) is 0 Å². The van der Waals surface area contributed by atoms with E-state index in [2.05, 4.69) is 35.3 Å². The van der Waals surface area contributed by atoms with Crippen LogP contribution in [0.4, 0.5) is 0 Å². The Morgan fingerprint density at radius 2 is 2.10 bits per heavy atom. The van der Waals surface area contributed by atoms with Crippen molar-refractivity contribution in [3.63, 3.8) is 0 Å². The number of para-hydroxylation sites is 1. The number of benzene rings is 1. The average molecular weight is 301 g/mol. The minimum atomic E-state index is 0.560. The zero-order valence-corrected chi connectivity index (χ0v) is 13.5. The minimum absolute atomic E-state index is 0.560. The summed E-state index contributed by atoms with van der Waals surface area (Å²) >= 11 is 1.91. The monoisotopic (exact) mass is 301 g/mol. The number of nitrogens with zero attached hydrogens (tertiary/aromatic N) is 2. The summed E-state index contributed by atoms with van der Waals surface area (Å²) in [6, 6.07) is 7.86. The second-order valence-corrected chi connectivity index (χ2v) is 7.41. The lowest BCUT2D eigenvalue weighted by Gasteiger charge is -2.35. The Labute approximate surface area is 130 Å². The van der Waals surface area contributed by atoms with Crippen molar-refractivity contribution in [1.29, 1.82) is 0 Å². The zero-order chi connectivity index (χ0) is 14.2. The Kier molecular flexibility index (Phi) is 3.69. The van der Waals surface area contributed by atoms with Crippen LogP contribution in [0.3, 0.4) is 0 Å². The Bertz CT molecular complexity index is 630. The van der Waals surface area contributed by atoms with Gasteiger partial charge < -0.3 is 5.32 Å².